The summed E-state index contributed by atoms with van der Waals surface area (Å²) in [6, 6.07) is 0. The summed E-state index contributed by atoms with van der Waals surface area (Å²) in [6.45, 7) is 3.31. The van der Waals surface area contributed by atoms with Crippen LogP contribution in [0.25, 0.3) is 0 Å². The van der Waals surface area contributed by atoms with Gasteiger partial charge in [0.2, 0.25) is 0 Å². The van der Waals surface area contributed by atoms with Gasteiger partial charge in [-0.2, -0.15) is 0 Å². The van der Waals surface area contributed by atoms with Crippen molar-refractivity contribution in [1.29, 1.82) is 0 Å². The molecule has 1 rings (SSSR count). The van der Waals surface area contributed by atoms with E-state index in [-0.39, 0.29) is 26.1 Å². The first-order valence-electron chi connectivity index (χ1n) is 22.4. The molecular formula is C47H80O10. The second-order valence-electron chi connectivity index (χ2n) is 15.1. The van der Waals surface area contributed by atoms with Crippen molar-refractivity contribution in [2.24, 2.45) is 0 Å². The third kappa shape index (κ3) is 29.3. The summed E-state index contributed by atoms with van der Waals surface area (Å²) in [5.41, 5.74) is 0. The Kier molecular flexibility index (Phi) is 34.6. The average molecular weight is 805 g/mol. The van der Waals surface area contributed by atoms with E-state index in [1.807, 2.05) is 6.08 Å². The van der Waals surface area contributed by atoms with Crippen LogP contribution in [0.2, 0.25) is 0 Å². The predicted molar refractivity (Wildman–Crippen MR) is 228 cm³/mol. The number of rotatable bonds is 36. The molecule has 6 atom stereocenters. The number of unbranched alkanes of at least 4 members (excludes halogenated alkanes) is 15. The van der Waals surface area contributed by atoms with Gasteiger partial charge >= 0.3 is 11.9 Å². The highest BCUT2D eigenvalue weighted by Gasteiger charge is 2.44. The number of allylic oxidation sites excluding steroid dienone is 10. The molecule has 0 amide bonds. The molecule has 0 radical (unpaired) electrons. The minimum Gasteiger partial charge on any atom is -0.462 e. The van der Waals surface area contributed by atoms with Crippen molar-refractivity contribution in [1.82, 2.24) is 0 Å². The Morgan fingerprint density at radius 3 is 1.58 bits per heavy atom. The van der Waals surface area contributed by atoms with Crippen LogP contribution in [0.1, 0.15) is 168 Å². The summed E-state index contributed by atoms with van der Waals surface area (Å²) in [7, 11) is 0. The average Bonchev–Trinajstić information content (AvgIpc) is 3.21. The number of aliphatic hydroxyl groups excluding tert-OH is 4. The minimum atomic E-state index is -1.61. The van der Waals surface area contributed by atoms with Gasteiger partial charge in [-0.1, -0.05) is 139 Å². The Hall–Kier alpha value is -2.60. The van der Waals surface area contributed by atoms with Crippen molar-refractivity contribution in [2.45, 2.75) is 205 Å². The Morgan fingerprint density at radius 1 is 0.544 bits per heavy atom. The molecule has 4 N–H and O–H groups in total. The second-order valence-corrected chi connectivity index (χ2v) is 15.1. The molecule has 0 aromatic carbocycles. The van der Waals surface area contributed by atoms with Gasteiger partial charge in [0.25, 0.3) is 0 Å². The summed E-state index contributed by atoms with van der Waals surface area (Å²) in [5, 5.41) is 40.0. The van der Waals surface area contributed by atoms with Gasteiger partial charge < -0.3 is 39.4 Å². The highest BCUT2D eigenvalue weighted by atomic mass is 16.7. The fourth-order valence-corrected chi connectivity index (χ4v) is 6.29. The number of hydrogen-bond acceptors (Lipinski definition) is 10. The van der Waals surface area contributed by atoms with Crippen molar-refractivity contribution in [3.63, 3.8) is 0 Å². The van der Waals surface area contributed by atoms with Gasteiger partial charge in [0.1, 0.15) is 31.0 Å². The summed E-state index contributed by atoms with van der Waals surface area (Å²) < 4.78 is 22.1. The van der Waals surface area contributed by atoms with Gasteiger partial charge in [0.05, 0.1) is 13.2 Å². The molecule has 1 saturated heterocycles. The SMILES string of the molecule is CCCCC/C=C/C/C=C/C/C=C/C/C=C/CCCC(=O)OC[C@@H](CO[C@H]1O[C@@H](CO)[C@@H](O)C(O)C1O)OC(=O)CCCCCCCCC/C=C/CCCCCC. The van der Waals surface area contributed by atoms with E-state index < -0.39 is 55.4 Å². The third-order valence-electron chi connectivity index (χ3n) is 9.88. The molecule has 0 aromatic heterocycles. The van der Waals surface area contributed by atoms with Crippen molar-refractivity contribution >= 4 is 11.9 Å². The van der Waals surface area contributed by atoms with Crippen LogP contribution in [0.4, 0.5) is 0 Å². The van der Waals surface area contributed by atoms with Crippen molar-refractivity contribution in [2.75, 3.05) is 19.8 Å². The minimum absolute atomic E-state index is 0.197. The molecule has 57 heavy (non-hydrogen) atoms. The van der Waals surface area contributed by atoms with E-state index in [9.17, 15) is 30.0 Å². The molecule has 0 aromatic rings. The van der Waals surface area contributed by atoms with Crippen molar-refractivity contribution in [3.8, 4) is 0 Å². The van der Waals surface area contributed by atoms with Gasteiger partial charge in [-0.3, -0.25) is 9.59 Å². The van der Waals surface area contributed by atoms with Crippen molar-refractivity contribution < 1.29 is 49.0 Å². The number of carbonyl (C=O) groups is 2. The van der Waals surface area contributed by atoms with Crippen LogP contribution in [-0.4, -0.2) is 89.0 Å². The first-order valence-corrected chi connectivity index (χ1v) is 22.4. The molecule has 10 nitrogen and oxygen atoms in total. The quantitative estimate of drug-likeness (QED) is 0.0274. The molecule has 2 unspecified atom stereocenters. The molecule has 1 heterocycles. The maximum Gasteiger partial charge on any atom is 0.306 e. The van der Waals surface area contributed by atoms with E-state index in [0.29, 0.717) is 12.8 Å². The van der Waals surface area contributed by atoms with Gasteiger partial charge in [0.15, 0.2) is 12.4 Å². The molecule has 1 fully saturated rings. The first-order chi connectivity index (χ1) is 27.8. The number of carbonyl (C=O) groups excluding carboxylic acids is 2. The number of hydrogen-bond donors (Lipinski definition) is 4. The van der Waals surface area contributed by atoms with Gasteiger partial charge in [-0.15, -0.1) is 0 Å². The molecule has 1 aliphatic rings. The third-order valence-corrected chi connectivity index (χ3v) is 9.88. The summed E-state index contributed by atoms with van der Waals surface area (Å²) in [5.74, 6) is -0.881. The zero-order valence-electron chi connectivity index (χ0n) is 35.6. The zero-order valence-corrected chi connectivity index (χ0v) is 35.6. The van der Waals surface area contributed by atoms with E-state index in [1.165, 1.54) is 70.6 Å². The van der Waals surface area contributed by atoms with Crippen LogP contribution in [0, 0.1) is 0 Å². The van der Waals surface area contributed by atoms with Crippen LogP contribution < -0.4 is 0 Å². The number of aliphatic hydroxyl groups is 4. The first kappa shape index (κ1) is 52.4. The second kappa shape index (κ2) is 37.7. The van der Waals surface area contributed by atoms with Crippen LogP contribution in [0.15, 0.2) is 60.8 Å². The summed E-state index contributed by atoms with van der Waals surface area (Å²) in [6.07, 6.45) is 38.0. The van der Waals surface area contributed by atoms with Gasteiger partial charge in [-0.05, 0) is 77.0 Å². The Morgan fingerprint density at radius 2 is 1.00 bits per heavy atom. The van der Waals surface area contributed by atoms with Crippen LogP contribution in [0.5, 0.6) is 0 Å². The Balaban J connectivity index is 2.39. The maximum absolute atomic E-state index is 12.8. The standard InChI is InChI=1S/C47H80O10/c1-3-5-7-9-11-13-15-17-19-20-22-23-25-27-29-31-33-35-42(49)54-38-40(39-55-47-46(53)45(52)44(51)41(37-48)57-47)56-43(50)36-34-32-30-28-26-24-21-18-16-14-12-10-8-6-4-2/h11,13-14,16-17,19,22-23,27,29,40-41,44-48,51-53H,3-10,12,15,18,20-21,24-26,28,30-39H2,1-2H3/b13-11+,16-14+,19-17+,23-22+,29-27+/t40-,41-,44+,45?,46?,47-/m0/s1. The molecule has 0 saturated carbocycles. The normalized spacial score (nSPS) is 20.8. The number of ether oxygens (including phenoxy) is 4. The van der Waals surface area contributed by atoms with E-state index in [4.69, 9.17) is 18.9 Å². The zero-order chi connectivity index (χ0) is 41.6. The lowest BCUT2D eigenvalue weighted by Gasteiger charge is -2.39. The fourth-order valence-electron chi connectivity index (χ4n) is 6.29. The molecule has 0 aliphatic carbocycles. The highest BCUT2D eigenvalue weighted by molar-refractivity contribution is 5.70. The van der Waals surface area contributed by atoms with Crippen LogP contribution in [-0.2, 0) is 28.5 Å². The van der Waals surface area contributed by atoms with E-state index in [2.05, 4.69) is 68.5 Å². The maximum atomic E-state index is 12.8. The molecule has 0 bridgehead atoms. The van der Waals surface area contributed by atoms with Crippen LogP contribution in [0.3, 0.4) is 0 Å². The molecular weight excluding hydrogens is 725 g/mol. The monoisotopic (exact) mass is 805 g/mol. The van der Waals surface area contributed by atoms with Gasteiger partial charge in [-0.25, -0.2) is 0 Å². The van der Waals surface area contributed by atoms with Crippen molar-refractivity contribution in [3.05, 3.63) is 60.8 Å². The molecule has 10 heteroatoms. The molecule has 1 aliphatic heterocycles. The predicted octanol–water partition coefficient (Wildman–Crippen LogP) is 9.44. The highest BCUT2D eigenvalue weighted by Crippen LogP contribution is 2.22. The van der Waals surface area contributed by atoms with Gasteiger partial charge in [0, 0.05) is 12.8 Å². The van der Waals surface area contributed by atoms with E-state index >= 15 is 0 Å². The summed E-state index contributed by atoms with van der Waals surface area (Å²) >= 11 is 0. The van der Waals surface area contributed by atoms with Crippen LogP contribution >= 0.6 is 0 Å². The fraction of sp³-hybridized carbons (Fsp3) is 0.745. The topological polar surface area (TPSA) is 152 Å². The Bertz CT molecular complexity index is 1110. The lowest BCUT2D eigenvalue weighted by atomic mass is 9.99. The number of esters is 2. The smallest absolute Gasteiger partial charge is 0.306 e. The summed E-state index contributed by atoms with van der Waals surface area (Å²) in [4.78, 5) is 25.3. The van der Waals surface area contributed by atoms with E-state index in [0.717, 1.165) is 57.8 Å². The van der Waals surface area contributed by atoms with E-state index in [1.54, 1.807) is 0 Å². The Labute approximate surface area is 345 Å². The lowest BCUT2D eigenvalue weighted by Crippen LogP contribution is -2.59. The molecule has 0 spiro atoms. The largest absolute Gasteiger partial charge is 0.462 e. The lowest BCUT2D eigenvalue weighted by molar-refractivity contribution is -0.305. The molecule has 328 valence electrons.